The molecular formula is C15H21N3. The highest BCUT2D eigenvalue weighted by atomic mass is 15.0. The van der Waals surface area contributed by atoms with Gasteiger partial charge in [-0.25, -0.2) is 0 Å². The Bertz CT molecular complexity index is 502. The van der Waals surface area contributed by atoms with Crippen LogP contribution in [-0.2, 0) is 6.54 Å². The first-order chi connectivity index (χ1) is 8.70. The Balaban J connectivity index is 2.09. The van der Waals surface area contributed by atoms with Crippen LogP contribution in [0.15, 0.2) is 36.8 Å². The molecule has 0 saturated carbocycles. The van der Waals surface area contributed by atoms with Gasteiger partial charge in [0.15, 0.2) is 0 Å². The van der Waals surface area contributed by atoms with Gasteiger partial charge in [-0.05, 0) is 36.6 Å². The summed E-state index contributed by atoms with van der Waals surface area (Å²) in [5, 5.41) is 0. The number of nitrogens with zero attached hydrogens (tertiary/aromatic N) is 2. The van der Waals surface area contributed by atoms with Crippen molar-refractivity contribution in [3.05, 3.63) is 53.6 Å². The molecule has 0 aromatic carbocycles. The van der Waals surface area contributed by atoms with E-state index in [1.54, 1.807) is 0 Å². The molecule has 0 saturated heterocycles. The molecule has 1 unspecified atom stereocenters. The van der Waals surface area contributed by atoms with Crippen LogP contribution in [0, 0.1) is 6.92 Å². The van der Waals surface area contributed by atoms with Gasteiger partial charge in [0.05, 0.1) is 12.2 Å². The molecule has 0 aliphatic rings. The van der Waals surface area contributed by atoms with Crippen LogP contribution in [-0.4, -0.2) is 9.55 Å². The zero-order valence-corrected chi connectivity index (χ0v) is 11.1. The van der Waals surface area contributed by atoms with Crippen LogP contribution in [0.1, 0.15) is 42.6 Å². The summed E-state index contributed by atoms with van der Waals surface area (Å²) < 4.78 is 2.15. The zero-order valence-electron chi connectivity index (χ0n) is 11.1. The number of aryl methyl sites for hydroxylation is 1. The van der Waals surface area contributed by atoms with Gasteiger partial charge in [0.25, 0.3) is 0 Å². The Hall–Kier alpha value is -1.61. The highest BCUT2D eigenvalue weighted by molar-refractivity contribution is 5.20. The quantitative estimate of drug-likeness (QED) is 0.877. The second-order valence-corrected chi connectivity index (χ2v) is 4.78. The van der Waals surface area contributed by atoms with Crippen LogP contribution < -0.4 is 5.73 Å². The summed E-state index contributed by atoms with van der Waals surface area (Å²) in [7, 11) is 0. The summed E-state index contributed by atoms with van der Waals surface area (Å²) >= 11 is 0. The highest BCUT2D eigenvalue weighted by Crippen LogP contribution is 2.16. The molecule has 1 atom stereocenters. The van der Waals surface area contributed by atoms with E-state index >= 15 is 0 Å². The Morgan fingerprint density at radius 1 is 1.39 bits per heavy atom. The summed E-state index contributed by atoms with van der Waals surface area (Å²) in [5.74, 6) is 0. The molecule has 3 heteroatoms. The fourth-order valence-corrected chi connectivity index (χ4v) is 2.11. The monoisotopic (exact) mass is 243 g/mol. The summed E-state index contributed by atoms with van der Waals surface area (Å²) in [6, 6.07) is 6.33. The normalized spacial score (nSPS) is 12.6. The Labute approximate surface area is 109 Å². The van der Waals surface area contributed by atoms with E-state index in [0.29, 0.717) is 0 Å². The molecule has 2 aromatic heterocycles. The minimum atomic E-state index is 0.154. The van der Waals surface area contributed by atoms with E-state index in [2.05, 4.69) is 47.9 Å². The fourth-order valence-electron chi connectivity index (χ4n) is 2.11. The van der Waals surface area contributed by atoms with E-state index in [0.717, 1.165) is 25.1 Å². The van der Waals surface area contributed by atoms with Crippen LogP contribution in [0.25, 0.3) is 0 Å². The van der Waals surface area contributed by atoms with Gasteiger partial charge in [-0.2, -0.15) is 0 Å². The Morgan fingerprint density at radius 3 is 2.94 bits per heavy atom. The molecule has 96 valence electrons. The van der Waals surface area contributed by atoms with E-state index in [-0.39, 0.29) is 6.04 Å². The maximum absolute atomic E-state index is 6.11. The molecule has 18 heavy (non-hydrogen) atoms. The SMILES string of the molecule is CCCC(N)c1ccn(Cc2ncccc2C)c1. The maximum Gasteiger partial charge on any atom is 0.0645 e. The van der Waals surface area contributed by atoms with E-state index in [4.69, 9.17) is 5.73 Å². The maximum atomic E-state index is 6.11. The lowest BCUT2D eigenvalue weighted by atomic mass is 10.1. The van der Waals surface area contributed by atoms with Gasteiger partial charge in [-0.1, -0.05) is 19.4 Å². The first-order valence-electron chi connectivity index (χ1n) is 6.52. The van der Waals surface area contributed by atoms with Gasteiger partial charge >= 0.3 is 0 Å². The molecule has 2 heterocycles. The van der Waals surface area contributed by atoms with E-state index in [1.807, 2.05) is 12.3 Å². The van der Waals surface area contributed by atoms with Crippen molar-refractivity contribution in [3.8, 4) is 0 Å². The van der Waals surface area contributed by atoms with Crippen molar-refractivity contribution in [2.75, 3.05) is 0 Å². The smallest absolute Gasteiger partial charge is 0.0645 e. The second kappa shape index (κ2) is 5.83. The lowest BCUT2D eigenvalue weighted by Crippen LogP contribution is -2.09. The van der Waals surface area contributed by atoms with Crippen molar-refractivity contribution in [1.82, 2.24) is 9.55 Å². The zero-order chi connectivity index (χ0) is 13.0. The predicted molar refractivity (Wildman–Crippen MR) is 74.3 cm³/mol. The molecule has 3 nitrogen and oxygen atoms in total. The molecule has 0 amide bonds. The first-order valence-corrected chi connectivity index (χ1v) is 6.52. The first kappa shape index (κ1) is 12.8. The van der Waals surface area contributed by atoms with Crippen molar-refractivity contribution in [2.45, 2.75) is 39.3 Å². The van der Waals surface area contributed by atoms with E-state index in [1.165, 1.54) is 11.1 Å². The molecule has 0 aliphatic heterocycles. The number of hydrogen-bond acceptors (Lipinski definition) is 2. The lowest BCUT2D eigenvalue weighted by Gasteiger charge is -2.08. The van der Waals surface area contributed by atoms with Crippen molar-refractivity contribution in [2.24, 2.45) is 5.73 Å². The van der Waals surface area contributed by atoms with Crippen molar-refractivity contribution in [3.63, 3.8) is 0 Å². The van der Waals surface area contributed by atoms with Gasteiger partial charge in [0.1, 0.15) is 0 Å². The lowest BCUT2D eigenvalue weighted by molar-refractivity contribution is 0.635. The van der Waals surface area contributed by atoms with Crippen LogP contribution in [0.2, 0.25) is 0 Å². The summed E-state index contributed by atoms with van der Waals surface area (Å²) in [6.07, 6.45) is 8.21. The van der Waals surface area contributed by atoms with E-state index in [9.17, 15) is 0 Å². The van der Waals surface area contributed by atoms with E-state index < -0.39 is 0 Å². The molecule has 0 aliphatic carbocycles. The van der Waals surface area contributed by atoms with Crippen molar-refractivity contribution < 1.29 is 0 Å². The molecule has 0 spiro atoms. The third-order valence-electron chi connectivity index (χ3n) is 3.25. The average molecular weight is 243 g/mol. The minimum absolute atomic E-state index is 0.154. The number of nitrogens with two attached hydrogens (primary N) is 1. The molecule has 0 radical (unpaired) electrons. The third kappa shape index (κ3) is 2.99. The highest BCUT2D eigenvalue weighted by Gasteiger charge is 2.07. The van der Waals surface area contributed by atoms with Crippen molar-refractivity contribution in [1.29, 1.82) is 0 Å². The number of pyridine rings is 1. The topological polar surface area (TPSA) is 43.8 Å². The van der Waals surface area contributed by atoms with Gasteiger partial charge < -0.3 is 10.3 Å². The molecule has 2 aromatic rings. The molecule has 0 bridgehead atoms. The number of hydrogen-bond donors (Lipinski definition) is 1. The summed E-state index contributed by atoms with van der Waals surface area (Å²) in [5.41, 5.74) is 9.67. The number of rotatable bonds is 5. The van der Waals surface area contributed by atoms with Gasteiger partial charge in [0, 0.05) is 24.6 Å². The predicted octanol–water partition coefficient (Wildman–Crippen LogP) is 3.04. The summed E-state index contributed by atoms with van der Waals surface area (Å²) in [4.78, 5) is 4.41. The average Bonchev–Trinajstić information content (AvgIpc) is 2.81. The largest absolute Gasteiger partial charge is 0.348 e. The van der Waals surface area contributed by atoms with Gasteiger partial charge in [0.2, 0.25) is 0 Å². The molecule has 2 N–H and O–H groups in total. The molecular weight excluding hydrogens is 222 g/mol. The Kier molecular flexibility index (Phi) is 4.15. The van der Waals surface area contributed by atoms with Crippen LogP contribution in [0.5, 0.6) is 0 Å². The number of aromatic nitrogens is 2. The Morgan fingerprint density at radius 2 is 2.22 bits per heavy atom. The van der Waals surface area contributed by atoms with Gasteiger partial charge in [-0.15, -0.1) is 0 Å². The van der Waals surface area contributed by atoms with Gasteiger partial charge in [-0.3, -0.25) is 4.98 Å². The van der Waals surface area contributed by atoms with Crippen LogP contribution in [0.3, 0.4) is 0 Å². The molecule has 2 rings (SSSR count). The van der Waals surface area contributed by atoms with Crippen LogP contribution in [0.4, 0.5) is 0 Å². The van der Waals surface area contributed by atoms with Crippen LogP contribution >= 0.6 is 0 Å². The van der Waals surface area contributed by atoms with Crippen molar-refractivity contribution >= 4 is 0 Å². The second-order valence-electron chi connectivity index (χ2n) is 4.78. The fraction of sp³-hybridized carbons (Fsp3) is 0.400. The minimum Gasteiger partial charge on any atom is -0.348 e. The standard InChI is InChI=1S/C15H21N3/c1-3-5-14(16)13-7-9-18(10-13)11-15-12(2)6-4-8-17-15/h4,6-10,14H,3,5,11,16H2,1-2H3. The molecule has 0 fully saturated rings. The summed E-state index contributed by atoms with van der Waals surface area (Å²) in [6.45, 7) is 5.06. The third-order valence-corrected chi connectivity index (χ3v) is 3.25.